The lowest BCUT2D eigenvalue weighted by molar-refractivity contribution is 0.195. The van der Waals surface area contributed by atoms with Gasteiger partial charge in [0.2, 0.25) is 0 Å². The van der Waals surface area contributed by atoms with Crippen LogP contribution >= 0.6 is 0 Å². The number of fused-ring (bicyclic) bond motifs is 2. The van der Waals surface area contributed by atoms with Crippen LogP contribution in [-0.4, -0.2) is 17.5 Å². The Morgan fingerprint density at radius 2 is 2.05 bits per heavy atom. The van der Waals surface area contributed by atoms with E-state index in [1.165, 1.54) is 25.7 Å². The summed E-state index contributed by atoms with van der Waals surface area (Å²) < 4.78 is 5.91. The van der Waals surface area contributed by atoms with Crippen molar-refractivity contribution in [1.82, 2.24) is 0 Å². The fourth-order valence-electron chi connectivity index (χ4n) is 3.63. The number of hydrogen-bond donors (Lipinski definition) is 1. The van der Waals surface area contributed by atoms with Crippen LogP contribution in [0.1, 0.15) is 38.2 Å². The molecule has 3 rings (SSSR count). The summed E-state index contributed by atoms with van der Waals surface area (Å²) in [6.45, 7) is 2.64. The van der Waals surface area contributed by atoms with Crippen LogP contribution in [-0.2, 0) is 0 Å². The quantitative estimate of drug-likeness (QED) is 0.509. The molecule has 0 heterocycles. The van der Waals surface area contributed by atoms with Crippen LogP contribution in [0.3, 0.4) is 0 Å². The molecule has 0 saturated heterocycles. The third kappa shape index (κ3) is 2.60. The number of hydrogen-bond acceptors (Lipinski definition) is 3. The standard InChI is InChI=1S/C16H21NO2/c1-11(17-18)13-4-6-16(7-5-13)19-10-15-9-12-2-3-14(15)8-12/h4-7,12,14-15,18H,2-3,8-10H2,1H3. The Morgan fingerprint density at radius 1 is 1.26 bits per heavy atom. The normalized spacial score (nSPS) is 29.7. The van der Waals surface area contributed by atoms with E-state index in [0.29, 0.717) is 5.71 Å². The van der Waals surface area contributed by atoms with Gasteiger partial charge in [0.1, 0.15) is 5.75 Å². The number of nitrogens with zero attached hydrogens (tertiary/aromatic N) is 1. The maximum atomic E-state index is 8.72. The maximum absolute atomic E-state index is 8.72. The first-order valence-corrected chi connectivity index (χ1v) is 7.18. The lowest BCUT2D eigenvalue weighted by Crippen LogP contribution is -2.18. The van der Waals surface area contributed by atoms with Crippen LogP contribution in [0.25, 0.3) is 0 Å². The second kappa shape index (κ2) is 5.24. The van der Waals surface area contributed by atoms with Crippen LogP contribution < -0.4 is 4.74 Å². The van der Waals surface area contributed by atoms with E-state index in [-0.39, 0.29) is 0 Å². The van der Waals surface area contributed by atoms with Crippen molar-refractivity contribution in [3.05, 3.63) is 29.8 Å². The van der Waals surface area contributed by atoms with E-state index < -0.39 is 0 Å². The molecule has 3 unspecified atom stereocenters. The Hall–Kier alpha value is -1.51. The number of oxime groups is 1. The summed E-state index contributed by atoms with van der Waals surface area (Å²) in [5, 5.41) is 11.9. The van der Waals surface area contributed by atoms with Gasteiger partial charge in [0, 0.05) is 0 Å². The predicted molar refractivity (Wildman–Crippen MR) is 74.9 cm³/mol. The largest absolute Gasteiger partial charge is 0.493 e. The Kier molecular flexibility index (Phi) is 3.45. The first-order valence-electron chi connectivity index (χ1n) is 7.18. The molecule has 102 valence electrons. The van der Waals surface area contributed by atoms with Gasteiger partial charge in [-0.25, -0.2) is 0 Å². The average molecular weight is 259 g/mol. The van der Waals surface area contributed by atoms with Gasteiger partial charge in [-0.1, -0.05) is 11.6 Å². The lowest BCUT2D eigenvalue weighted by Gasteiger charge is -2.21. The molecule has 1 N–H and O–H groups in total. The second-order valence-corrected chi connectivity index (χ2v) is 5.96. The minimum absolute atomic E-state index is 0.625. The van der Waals surface area contributed by atoms with Crippen molar-refractivity contribution in [2.45, 2.75) is 32.6 Å². The number of benzene rings is 1. The Morgan fingerprint density at radius 3 is 2.63 bits per heavy atom. The van der Waals surface area contributed by atoms with E-state index in [1.54, 1.807) is 6.92 Å². The van der Waals surface area contributed by atoms with E-state index in [4.69, 9.17) is 9.94 Å². The van der Waals surface area contributed by atoms with E-state index in [0.717, 1.165) is 35.7 Å². The highest BCUT2D eigenvalue weighted by atomic mass is 16.5. The minimum atomic E-state index is 0.625. The van der Waals surface area contributed by atoms with Crippen LogP contribution in [0.4, 0.5) is 0 Å². The zero-order chi connectivity index (χ0) is 13.2. The molecule has 2 aliphatic rings. The molecule has 1 aromatic carbocycles. The fraction of sp³-hybridized carbons (Fsp3) is 0.562. The first kappa shape index (κ1) is 12.5. The molecule has 0 amide bonds. The summed E-state index contributed by atoms with van der Waals surface area (Å²) in [6, 6.07) is 7.78. The molecule has 0 spiro atoms. The van der Waals surface area contributed by atoms with Gasteiger partial charge < -0.3 is 9.94 Å². The van der Waals surface area contributed by atoms with Gasteiger partial charge in [-0.15, -0.1) is 0 Å². The highest BCUT2D eigenvalue weighted by molar-refractivity contribution is 5.98. The van der Waals surface area contributed by atoms with Crippen molar-refractivity contribution in [3.8, 4) is 5.75 Å². The summed E-state index contributed by atoms with van der Waals surface area (Å²) in [4.78, 5) is 0. The topological polar surface area (TPSA) is 41.8 Å². The van der Waals surface area contributed by atoms with Crippen molar-refractivity contribution in [2.24, 2.45) is 22.9 Å². The first-order chi connectivity index (χ1) is 9.26. The van der Waals surface area contributed by atoms with Gasteiger partial charge in [-0.2, -0.15) is 0 Å². The molecule has 19 heavy (non-hydrogen) atoms. The Labute approximate surface area is 114 Å². The molecule has 1 aromatic rings. The van der Waals surface area contributed by atoms with Gasteiger partial charge in [0.05, 0.1) is 12.3 Å². The van der Waals surface area contributed by atoms with Gasteiger partial charge >= 0.3 is 0 Å². The molecule has 0 radical (unpaired) electrons. The second-order valence-electron chi connectivity index (χ2n) is 5.96. The highest BCUT2D eigenvalue weighted by Crippen LogP contribution is 2.48. The SMILES string of the molecule is CC(=NO)c1ccc(OCC2CC3CCC2C3)cc1. The van der Waals surface area contributed by atoms with Crippen molar-refractivity contribution < 1.29 is 9.94 Å². The molecular formula is C16H21NO2. The molecule has 2 saturated carbocycles. The zero-order valence-corrected chi connectivity index (χ0v) is 11.4. The monoisotopic (exact) mass is 259 g/mol. The third-order valence-corrected chi connectivity index (χ3v) is 4.77. The van der Waals surface area contributed by atoms with Gasteiger partial charge in [-0.05, 0) is 73.8 Å². The third-order valence-electron chi connectivity index (χ3n) is 4.77. The summed E-state index contributed by atoms with van der Waals surface area (Å²) >= 11 is 0. The Bertz CT molecular complexity index is 466. The lowest BCUT2D eigenvalue weighted by atomic mass is 9.89. The van der Waals surface area contributed by atoms with Crippen LogP contribution in [0, 0.1) is 17.8 Å². The zero-order valence-electron chi connectivity index (χ0n) is 11.4. The van der Waals surface area contributed by atoms with Crippen LogP contribution in [0.15, 0.2) is 29.4 Å². The van der Waals surface area contributed by atoms with E-state index in [9.17, 15) is 0 Å². The molecule has 3 nitrogen and oxygen atoms in total. The van der Waals surface area contributed by atoms with Crippen molar-refractivity contribution in [3.63, 3.8) is 0 Å². The fourth-order valence-corrected chi connectivity index (χ4v) is 3.63. The summed E-state index contributed by atoms with van der Waals surface area (Å²) in [5.41, 5.74) is 1.55. The van der Waals surface area contributed by atoms with Crippen molar-refractivity contribution in [1.29, 1.82) is 0 Å². The van der Waals surface area contributed by atoms with Crippen molar-refractivity contribution >= 4 is 5.71 Å². The van der Waals surface area contributed by atoms with Gasteiger partial charge in [0.15, 0.2) is 0 Å². The smallest absolute Gasteiger partial charge is 0.119 e. The highest BCUT2D eigenvalue weighted by Gasteiger charge is 2.39. The molecular weight excluding hydrogens is 238 g/mol. The Balaban J connectivity index is 1.56. The van der Waals surface area contributed by atoms with Crippen LogP contribution in [0.5, 0.6) is 5.75 Å². The summed E-state index contributed by atoms with van der Waals surface area (Å²) in [7, 11) is 0. The minimum Gasteiger partial charge on any atom is -0.493 e. The van der Waals surface area contributed by atoms with Crippen molar-refractivity contribution in [2.75, 3.05) is 6.61 Å². The van der Waals surface area contributed by atoms with E-state index in [2.05, 4.69) is 5.16 Å². The molecule has 2 fully saturated rings. The summed E-state index contributed by atoms with van der Waals surface area (Å²) in [5.74, 6) is 3.56. The average Bonchev–Trinajstić information content (AvgIpc) is 3.07. The molecule has 0 aliphatic heterocycles. The maximum Gasteiger partial charge on any atom is 0.119 e. The van der Waals surface area contributed by atoms with E-state index >= 15 is 0 Å². The molecule has 0 aromatic heterocycles. The summed E-state index contributed by atoms with van der Waals surface area (Å²) in [6.07, 6.45) is 5.64. The van der Waals surface area contributed by atoms with Gasteiger partial charge in [0.25, 0.3) is 0 Å². The molecule has 2 aliphatic carbocycles. The molecule has 3 atom stereocenters. The van der Waals surface area contributed by atoms with Crippen LogP contribution in [0.2, 0.25) is 0 Å². The molecule has 2 bridgehead atoms. The molecule has 3 heteroatoms. The number of ether oxygens (including phenoxy) is 1. The van der Waals surface area contributed by atoms with E-state index in [1.807, 2.05) is 24.3 Å². The van der Waals surface area contributed by atoms with Gasteiger partial charge in [-0.3, -0.25) is 0 Å². The number of rotatable bonds is 4. The predicted octanol–water partition coefficient (Wildman–Crippen LogP) is 3.70.